The van der Waals surface area contributed by atoms with Gasteiger partial charge in [0.25, 0.3) is 5.69 Å². The number of ether oxygens (including phenoxy) is 2. The molecule has 0 aliphatic carbocycles. The van der Waals surface area contributed by atoms with E-state index in [9.17, 15) is 19.7 Å². The van der Waals surface area contributed by atoms with Crippen molar-refractivity contribution in [3.05, 3.63) is 39.9 Å². The number of hydrogen-bond acceptors (Lipinski definition) is 8. The van der Waals surface area contributed by atoms with Gasteiger partial charge < -0.3 is 13.9 Å². The number of carbonyl (C=O) groups excluding carboxylic acids is 2. The Morgan fingerprint density at radius 1 is 1.27 bits per heavy atom. The summed E-state index contributed by atoms with van der Waals surface area (Å²) in [5, 5.41) is 13.6. The number of benzene rings is 1. The fraction of sp³-hybridized carbons (Fsp3) is 0.500. The lowest BCUT2D eigenvalue weighted by Crippen LogP contribution is -2.56. The quantitative estimate of drug-likeness (QED) is 0.262. The molecule has 0 amide bonds. The maximum absolute atomic E-state index is 12.4. The van der Waals surface area contributed by atoms with Gasteiger partial charge in [0.15, 0.2) is 8.32 Å². The number of nitrogens with one attached hydrogen (secondary N) is 1. The van der Waals surface area contributed by atoms with E-state index in [4.69, 9.17) is 13.9 Å². The number of nitrogens with zero attached hydrogens (tertiary/aromatic N) is 1. The molecule has 0 spiro atoms. The zero-order valence-electron chi connectivity index (χ0n) is 14.9. The highest BCUT2D eigenvalue weighted by Crippen LogP contribution is 2.27. The third kappa shape index (κ3) is 5.35. The Labute approximate surface area is 151 Å². The van der Waals surface area contributed by atoms with Crippen LogP contribution in [0.15, 0.2) is 24.3 Å². The van der Waals surface area contributed by atoms with Crippen LogP contribution in [0.25, 0.3) is 0 Å². The summed E-state index contributed by atoms with van der Waals surface area (Å²) in [5.41, 5.74) is -0.840. The number of esters is 1. The van der Waals surface area contributed by atoms with Gasteiger partial charge in [-0.25, -0.2) is 9.59 Å². The summed E-state index contributed by atoms with van der Waals surface area (Å²) in [4.78, 5) is 34.3. The molecule has 0 unspecified atom stereocenters. The average molecular weight is 382 g/mol. The Hall–Kier alpha value is -2.30. The predicted molar refractivity (Wildman–Crippen MR) is 93.8 cm³/mol. The van der Waals surface area contributed by atoms with Gasteiger partial charge in [-0.3, -0.25) is 15.4 Å². The van der Waals surface area contributed by atoms with Crippen LogP contribution in [0.3, 0.4) is 0 Å². The van der Waals surface area contributed by atoms with Crippen LogP contribution in [0.2, 0.25) is 19.6 Å². The third-order valence-corrected chi connectivity index (χ3v) is 4.57. The molecule has 1 aliphatic rings. The van der Waals surface area contributed by atoms with Gasteiger partial charge in [-0.1, -0.05) is 0 Å². The van der Waals surface area contributed by atoms with Crippen LogP contribution < -0.4 is 5.32 Å². The molecule has 1 saturated heterocycles. The van der Waals surface area contributed by atoms with E-state index >= 15 is 0 Å². The van der Waals surface area contributed by atoms with E-state index in [1.165, 1.54) is 24.3 Å². The summed E-state index contributed by atoms with van der Waals surface area (Å²) in [7, 11) is -2.06. The van der Waals surface area contributed by atoms with Gasteiger partial charge in [-0.05, 0) is 50.3 Å². The molecular formula is C16H22N2O7Si. The SMILES string of the molecule is C[Si](C)(C)O[C@@]1(C(=O)OC(=O)OCc2ccc([N+](=O)[O-])cc2)CCCN1. The van der Waals surface area contributed by atoms with Gasteiger partial charge in [0, 0.05) is 18.6 Å². The standard InChI is InChI=1S/C16H22N2O7Si/c1-26(2,3)25-16(9-4-10-17-16)14(19)24-15(20)23-11-12-5-7-13(8-6-12)18(21)22/h5-8,17H,4,9-11H2,1-3H3/t16-/m1/s1. The minimum Gasteiger partial charge on any atom is -0.429 e. The lowest BCUT2D eigenvalue weighted by atomic mass is 10.2. The van der Waals surface area contributed by atoms with Crippen LogP contribution in [0.5, 0.6) is 0 Å². The van der Waals surface area contributed by atoms with Crippen molar-refractivity contribution in [3.63, 3.8) is 0 Å². The minimum absolute atomic E-state index is 0.0655. The summed E-state index contributed by atoms with van der Waals surface area (Å²) < 4.78 is 15.6. The highest BCUT2D eigenvalue weighted by atomic mass is 28.4. The first-order valence-corrected chi connectivity index (χ1v) is 11.6. The monoisotopic (exact) mass is 382 g/mol. The lowest BCUT2D eigenvalue weighted by Gasteiger charge is -2.33. The summed E-state index contributed by atoms with van der Waals surface area (Å²) in [6.45, 7) is 6.25. The van der Waals surface area contributed by atoms with Gasteiger partial charge in [-0.15, -0.1) is 0 Å². The molecule has 0 radical (unpaired) electrons. The molecule has 0 saturated carbocycles. The van der Waals surface area contributed by atoms with Crippen molar-refractivity contribution in [2.24, 2.45) is 0 Å². The van der Waals surface area contributed by atoms with E-state index in [1.807, 2.05) is 19.6 Å². The second-order valence-corrected chi connectivity index (χ2v) is 11.4. The van der Waals surface area contributed by atoms with E-state index in [1.54, 1.807) is 0 Å². The highest BCUT2D eigenvalue weighted by molar-refractivity contribution is 6.70. The fourth-order valence-electron chi connectivity index (χ4n) is 2.59. The number of nitro benzene ring substituents is 1. The first-order chi connectivity index (χ1) is 12.1. The van der Waals surface area contributed by atoms with Crippen LogP contribution in [-0.4, -0.2) is 37.6 Å². The van der Waals surface area contributed by atoms with Crippen molar-refractivity contribution >= 4 is 26.1 Å². The second kappa shape index (κ2) is 7.93. The Morgan fingerprint density at radius 3 is 2.42 bits per heavy atom. The molecule has 1 fully saturated rings. The number of rotatable bonds is 6. The fourth-order valence-corrected chi connectivity index (χ4v) is 3.89. The molecule has 10 heteroatoms. The molecule has 1 aliphatic heterocycles. The van der Waals surface area contributed by atoms with Gasteiger partial charge in [0.2, 0.25) is 5.72 Å². The van der Waals surface area contributed by atoms with Crippen molar-refractivity contribution < 1.29 is 28.4 Å². The van der Waals surface area contributed by atoms with Gasteiger partial charge in [0.05, 0.1) is 4.92 Å². The smallest absolute Gasteiger partial charge is 0.429 e. The Bertz CT molecular complexity index is 679. The van der Waals surface area contributed by atoms with Crippen molar-refractivity contribution in [2.45, 2.75) is 44.8 Å². The summed E-state index contributed by atoms with van der Waals surface area (Å²) in [6.07, 6.45) is 0.0176. The molecule has 2 rings (SSSR count). The maximum Gasteiger partial charge on any atom is 0.516 e. The van der Waals surface area contributed by atoms with E-state index in [0.29, 0.717) is 18.5 Å². The first-order valence-electron chi connectivity index (χ1n) is 8.19. The van der Waals surface area contributed by atoms with Crippen LogP contribution in [0.4, 0.5) is 10.5 Å². The van der Waals surface area contributed by atoms with Crippen LogP contribution in [0, 0.1) is 10.1 Å². The topological polar surface area (TPSA) is 117 Å². The Kier molecular flexibility index (Phi) is 6.11. The number of nitro groups is 1. The van der Waals surface area contributed by atoms with E-state index in [2.05, 4.69) is 5.32 Å². The number of hydrogen-bond donors (Lipinski definition) is 1. The lowest BCUT2D eigenvalue weighted by molar-refractivity contribution is -0.384. The van der Waals surface area contributed by atoms with Crippen molar-refractivity contribution in [3.8, 4) is 0 Å². The van der Waals surface area contributed by atoms with Crippen LogP contribution >= 0.6 is 0 Å². The second-order valence-electron chi connectivity index (χ2n) is 6.92. The normalized spacial score (nSPS) is 19.8. The number of carbonyl (C=O) groups is 2. The van der Waals surface area contributed by atoms with Crippen LogP contribution in [-0.2, 0) is 25.3 Å². The molecule has 1 aromatic carbocycles. The van der Waals surface area contributed by atoms with Crippen molar-refractivity contribution in [1.29, 1.82) is 0 Å². The predicted octanol–water partition coefficient (Wildman–Crippen LogP) is 2.71. The average Bonchev–Trinajstić information content (AvgIpc) is 3.01. The van der Waals surface area contributed by atoms with E-state index in [-0.39, 0.29) is 12.3 Å². The first kappa shape index (κ1) is 20.0. The van der Waals surface area contributed by atoms with E-state index in [0.717, 1.165) is 6.42 Å². The number of non-ortho nitro benzene ring substituents is 1. The Morgan fingerprint density at radius 2 is 1.92 bits per heavy atom. The van der Waals surface area contributed by atoms with Crippen LogP contribution in [0.1, 0.15) is 18.4 Å². The zero-order chi connectivity index (χ0) is 19.4. The summed E-state index contributed by atoms with van der Waals surface area (Å²) >= 11 is 0. The van der Waals surface area contributed by atoms with E-state index < -0.39 is 31.1 Å². The molecule has 9 nitrogen and oxygen atoms in total. The molecule has 142 valence electrons. The molecular weight excluding hydrogens is 360 g/mol. The maximum atomic E-state index is 12.4. The Balaban J connectivity index is 1.91. The third-order valence-electron chi connectivity index (χ3n) is 3.61. The molecule has 26 heavy (non-hydrogen) atoms. The molecule has 1 aromatic rings. The summed E-state index contributed by atoms with van der Waals surface area (Å²) in [6, 6.07) is 5.52. The minimum atomic E-state index is -2.06. The van der Waals surface area contributed by atoms with Gasteiger partial charge in [0.1, 0.15) is 6.61 Å². The largest absolute Gasteiger partial charge is 0.516 e. The zero-order valence-corrected chi connectivity index (χ0v) is 15.9. The van der Waals surface area contributed by atoms with Crippen molar-refractivity contribution in [1.82, 2.24) is 5.32 Å². The molecule has 0 bridgehead atoms. The van der Waals surface area contributed by atoms with Gasteiger partial charge in [-0.2, -0.15) is 0 Å². The van der Waals surface area contributed by atoms with Gasteiger partial charge >= 0.3 is 12.1 Å². The summed E-state index contributed by atoms with van der Waals surface area (Å²) in [5.74, 6) is -0.814. The molecule has 1 atom stereocenters. The molecule has 0 aromatic heterocycles. The highest BCUT2D eigenvalue weighted by Gasteiger charge is 2.47. The molecule has 1 N–H and O–H groups in total. The molecule has 1 heterocycles. The van der Waals surface area contributed by atoms with Crippen molar-refractivity contribution in [2.75, 3.05) is 6.54 Å².